The molecule has 1 heterocycles. The zero-order valence-corrected chi connectivity index (χ0v) is 15.8. The van der Waals surface area contributed by atoms with Crippen molar-refractivity contribution in [2.45, 2.75) is 19.9 Å². The number of aliphatic imine (C=N–C) groups is 1. The summed E-state index contributed by atoms with van der Waals surface area (Å²) in [5.41, 5.74) is 0.612. The topological polar surface area (TPSA) is 87.6 Å². The fourth-order valence-electron chi connectivity index (χ4n) is 2.40. The van der Waals surface area contributed by atoms with E-state index < -0.39 is 5.56 Å². The van der Waals surface area contributed by atoms with Crippen LogP contribution in [0.4, 0.5) is 5.69 Å². The summed E-state index contributed by atoms with van der Waals surface area (Å²) >= 11 is 11.8. The van der Waals surface area contributed by atoms with Gasteiger partial charge in [-0.15, -0.1) is 0 Å². The van der Waals surface area contributed by atoms with Crippen LogP contribution in [-0.4, -0.2) is 29.6 Å². The van der Waals surface area contributed by atoms with Gasteiger partial charge < -0.3 is 9.84 Å². The number of benzene rings is 1. The van der Waals surface area contributed by atoms with Crippen molar-refractivity contribution in [1.29, 1.82) is 5.26 Å². The molecular weight excluding hydrogens is 377 g/mol. The fourth-order valence-corrected chi connectivity index (χ4v) is 2.70. The van der Waals surface area contributed by atoms with Gasteiger partial charge in [0.1, 0.15) is 11.6 Å². The standard InChI is InChI=1S/C18H17Cl2N3O3/c1-11-13(9-21)17(24)23(6-3-7-26-2)18(25)14(11)10-22-12-4-5-15(19)16(20)8-12/h4-5,8,10,25H,3,6-7H2,1-2H3. The zero-order valence-electron chi connectivity index (χ0n) is 14.3. The lowest BCUT2D eigenvalue weighted by molar-refractivity contribution is 0.188. The summed E-state index contributed by atoms with van der Waals surface area (Å²) in [4.78, 5) is 16.7. The van der Waals surface area contributed by atoms with E-state index in [4.69, 9.17) is 27.9 Å². The first-order valence-electron chi connectivity index (χ1n) is 7.75. The van der Waals surface area contributed by atoms with Crippen LogP contribution in [-0.2, 0) is 11.3 Å². The number of aromatic nitrogens is 1. The summed E-state index contributed by atoms with van der Waals surface area (Å²) in [6, 6.07) is 6.75. The van der Waals surface area contributed by atoms with E-state index in [9.17, 15) is 15.2 Å². The highest BCUT2D eigenvalue weighted by Crippen LogP contribution is 2.27. The molecule has 8 heteroatoms. The minimum atomic E-state index is -0.537. The predicted octanol–water partition coefficient (Wildman–Crippen LogP) is 3.83. The number of ether oxygens (including phenoxy) is 1. The van der Waals surface area contributed by atoms with Gasteiger partial charge in [-0.25, -0.2) is 0 Å². The molecule has 6 nitrogen and oxygen atoms in total. The average Bonchev–Trinajstić information content (AvgIpc) is 2.61. The van der Waals surface area contributed by atoms with E-state index in [1.807, 2.05) is 6.07 Å². The summed E-state index contributed by atoms with van der Waals surface area (Å²) in [7, 11) is 1.55. The molecule has 0 spiro atoms. The number of pyridine rings is 1. The second-order valence-corrected chi connectivity index (χ2v) is 6.32. The van der Waals surface area contributed by atoms with Crippen molar-refractivity contribution in [1.82, 2.24) is 4.57 Å². The van der Waals surface area contributed by atoms with Crippen LogP contribution in [0.1, 0.15) is 23.1 Å². The molecule has 26 heavy (non-hydrogen) atoms. The van der Waals surface area contributed by atoms with Crippen LogP contribution in [0.2, 0.25) is 10.0 Å². The second-order valence-electron chi connectivity index (χ2n) is 5.51. The van der Waals surface area contributed by atoms with Crippen molar-refractivity contribution in [3.8, 4) is 11.9 Å². The largest absolute Gasteiger partial charge is 0.494 e. The van der Waals surface area contributed by atoms with E-state index in [0.29, 0.717) is 39.9 Å². The molecule has 0 saturated heterocycles. The first-order valence-corrected chi connectivity index (χ1v) is 8.50. The number of methoxy groups -OCH3 is 1. The number of nitriles is 1. The summed E-state index contributed by atoms with van der Waals surface area (Å²) in [6.07, 6.45) is 1.92. The molecule has 0 saturated carbocycles. The van der Waals surface area contributed by atoms with Gasteiger partial charge in [-0.1, -0.05) is 23.2 Å². The molecule has 0 bridgehead atoms. The van der Waals surface area contributed by atoms with Gasteiger partial charge in [-0.05, 0) is 37.1 Å². The molecule has 0 aliphatic heterocycles. The van der Waals surface area contributed by atoms with E-state index in [2.05, 4.69) is 4.99 Å². The number of nitrogens with zero attached hydrogens (tertiary/aromatic N) is 3. The van der Waals surface area contributed by atoms with Gasteiger partial charge in [0.15, 0.2) is 0 Å². The van der Waals surface area contributed by atoms with Gasteiger partial charge in [0.05, 0.1) is 21.3 Å². The fraction of sp³-hybridized carbons (Fsp3) is 0.278. The van der Waals surface area contributed by atoms with Gasteiger partial charge in [0.25, 0.3) is 5.56 Å². The van der Waals surface area contributed by atoms with E-state index in [0.717, 1.165) is 4.57 Å². The molecule has 0 amide bonds. The van der Waals surface area contributed by atoms with Crippen molar-refractivity contribution in [3.63, 3.8) is 0 Å². The van der Waals surface area contributed by atoms with Crippen molar-refractivity contribution in [3.05, 3.63) is 55.3 Å². The number of aromatic hydroxyl groups is 1. The molecule has 0 aliphatic carbocycles. The molecule has 1 aromatic heterocycles. The first-order chi connectivity index (χ1) is 12.4. The van der Waals surface area contributed by atoms with Crippen molar-refractivity contribution < 1.29 is 9.84 Å². The van der Waals surface area contributed by atoms with Gasteiger partial charge in [-0.3, -0.25) is 14.4 Å². The highest BCUT2D eigenvalue weighted by Gasteiger charge is 2.17. The average molecular weight is 394 g/mol. The van der Waals surface area contributed by atoms with Crippen LogP contribution >= 0.6 is 23.2 Å². The lowest BCUT2D eigenvalue weighted by atomic mass is 10.1. The van der Waals surface area contributed by atoms with Crippen LogP contribution in [0.15, 0.2) is 28.0 Å². The maximum atomic E-state index is 12.4. The summed E-state index contributed by atoms with van der Waals surface area (Å²) < 4.78 is 6.12. The maximum absolute atomic E-state index is 12.4. The molecule has 2 aromatic rings. The van der Waals surface area contributed by atoms with Crippen molar-refractivity contribution in [2.24, 2.45) is 4.99 Å². The Morgan fingerprint density at radius 2 is 2.12 bits per heavy atom. The highest BCUT2D eigenvalue weighted by atomic mass is 35.5. The Bertz CT molecular complexity index is 946. The van der Waals surface area contributed by atoms with Crippen LogP contribution < -0.4 is 5.56 Å². The Kier molecular flexibility index (Phi) is 6.81. The summed E-state index contributed by atoms with van der Waals surface area (Å²) in [5, 5.41) is 20.6. The maximum Gasteiger partial charge on any atom is 0.271 e. The van der Waals surface area contributed by atoms with E-state index in [1.165, 1.54) is 6.21 Å². The Balaban J connectivity index is 2.51. The van der Waals surface area contributed by atoms with E-state index in [-0.39, 0.29) is 18.0 Å². The molecule has 136 valence electrons. The quantitative estimate of drug-likeness (QED) is 0.596. The number of hydrogen-bond acceptors (Lipinski definition) is 5. The summed E-state index contributed by atoms with van der Waals surface area (Å²) in [5.74, 6) is -0.244. The minimum absolute atomic E-state index is 0.0317. The van der Waals surface area contributed by atoms with Crippen LogP contribution in [0.5, 0.6) is 5.88 Å². The Morgan fingerprint density at radius 1 is 1.38 bits per heavy atom. The number of halogens is 2. The smallest absolute Gasteiger partial charge is 0.271 e. The Morgan fingerprint density at radius 3 is 2.73 bits per heavy atom. The third-order valence-electron chi connectivity index (χ3n) is 3.82. The van der Waals surface area contributed by atoms with Gasteiger partial charge >= 0.3 is 0 Å². The third kappa shape index (κ3) is 4.25. The molecule has 0 unspecified atom stereocenters. The number of hydrogen-bond donors (Lipinski definition) is 1. The lowest BCUT2D eigenvalue weighted by Crippen LogP contribution is -2.26. The van der Waals surface area contributed by atoms with Crippen molar-refractivity contribution in [2.75, 3.05) is 13.7 Å². The monoisotopic (exact) mass is 393 g/mol. The molecule has 0 radical (unpaired) electrons. The predicted molar refractivity (Wildman–Crippen MR) is 102 cm³/mol. The van der Waals surface area contributed by atoms with Gasteiger partial charge in [0, 0.05) is 26.5 Å². The van der Waals surface area contributed by atoms with Crippen LogP contribution in [0.25, 0.3) is 0 Å². The SMILES string of the molecule is COCCCn1c(O)c(C=Nc2ccc(Cl)c(Cl)c2)c(C)c(C#N)c1=O. The molecule has 2 rings (SSSR count). The van der Waals surface area contributed by atoms with E-state index in [1.54, 1.807) is 32.2 Å². The van der Waals surface area contributed by atoms with Gasteiger partial charge in [-0.2, -0.15) is 5.26 Å². The Hall–Kier alpha value is -2.33. The third-order valence-corrected chi connectivity index (χ3v) is 4.56. The van der Waals surface area contributed by atoms with Crippen LogP contribution in [0.3, 0.4) is 0 Å². The zero-order chi connectivity index (χ0) is 19.3. The molecule has 1 N–H and O–H groups in total. The van der Waals surface area contributed by atoms with Crippen LogP contribution in [0, 0.1) is 18.3 Å². The van der Waals surface area contributed by atoms with E-state index >= 15 is 0 Å². The molecule has 0 atom stereocenters. The lowest BCUT2D eigenvalue weighted by Gasteiger charge is -2.13. The Labute approximate surface area is 160 Å². The number of rotatable bonds is 6. The normalized spacial score (nSPS) is 11.0. The molecular formula is C18H17Cl2N3O3. The molecule has 1 aromatic carbocycles. The highest BCUT2D eigenvalue weighted by molar-refractivity contribution is 6.42. The van der Waals surface area contributed by atoms with Crippen molar-refractivity contribution >= 4 is 35.1 Å². The molecule has 0 aliphatic rings. The first kappa shape index (κ1) is 20.0. The van der Waals surface area contributed by atoms with Gasteiger partial charge in [0.2, 0.25) is 5.88 Å². The summed E-state index contributed by atoms with van der Waals surface area (Å²) in [6.45, 7) is 2.24. The molecule has 0 fully saturated rings. The second kappa shape index (κ2) is 8.86. The minimum Gasteiger partial charge on any atom is -0.494 e.